The molecule has 0 aliphatic carbocycles. The molecular weight excluding hydrogens is 270 g/mol. The molecular formula is C16H11NO4. The van der Waals surface area contributed by atoms with E-state index in [2.05, 4.69) is 0 Å². The number of nitrogens with zero attached hydrogens (tertiary/aromatic N) is 1. The molecule has 5 heteroatoms. The van der Waals surface area contributed by atoms with Crippen LogP contribution in [-0.4, -0.2) is 12.4 Å². The third kappa shape index (κ3) is 2.51. The highest BCUT2D eigenvalue weighted by atomic mass is 16.5. The average Bonchev–Trinajstić information content (AvgIpc) is 3.01. The summed E-state index contributed by atoms with van der Waals surface area (Å²) in [5, 5.41) is 8.49. The van der Waals surface area contributed by atoms with Gasteiger partial charge in [-0.15, -0.1) is 0 Å². The Balaban J connectivity index is 1.88. The second-order valence-electron chi connectivity index (χ2n) is 4.49. The Kier molecular flexibility index (Phi) is 3.20. The zero-order chi connectivity index (χ0) is 14.8. The number of fused-ring (bicyclic) bond motifs is 1. The summed E-state index contributed by atoms with van der Waals surface area (Å²) in [4.78, 5) is 12.2. The van der Waals surface area contributed by atoms with Crippen molar-refractivity contribution in [1.29, 1.82) is 5.26 Å². The van der Waals surface area contributed by atoms with E-state index in [0.29, 0.717) is 22.8 Å². The lowest BCUT2D eigenvalue weighted by atomic mass is 10.1. The van der Waals surface area contributed by atoms with E-state index in [1.807, 2.05) is 19.1 Å². The molecule has 0 N–H and O–H groups in total. The maximum Gasteiger partial charge on any atom is 0.232 e. The molecule has 0 bridgehead atoms. The summed E-state index contributed by atoms with van der Waals surface area (Å²) in [7, 11) is 0. The van der Waals surface area contributed by atoms with Crippen LogP contribution in [-0.2, 0) is 0 Å². The van der Waals surface area contributed by atoms with Gasteiger partial charge in [-0.25, -0.2) is 0 Å². The fourth-order valence-corrected chi connectivity index (χ4v) is 2.03. The number of rotatable bonds is 3. The Labute approximate surface area is 121 Å². The van der Waals surface area contributed by atoms with Crippen LogP contribution in [0.15, 0.2) is 40.5 Å². The first-order valence-corrected chi connectivity index (χ1v) is 6.32. The lowest BCUT2D eigenvalue weighted by Crippen LogP contribution is -1.97. The van der Waals surface area contributed by atoms with Crippen molar-refractivity contribution in [2.45, 2.75) is 6.92 Å². The van der Waals surface area contributed by atoms with Crippen LogP contribution in [0.25, 0.3) is 6.08 Å². The largest absolute Gasteiger partial charge is 0.479 e. The first-order chi connectivity index (χ1) is 10.2. The number of hydrogen-bond donors (Lipinski definition) is 0. The van der Waals surface area contributed by atoms with E-state index < -0.39 is 0 Å². The second kappa shape index (κ2) is 5.17. The maximum absolute atomic E-state index is 12.2. The molecule has 0 spiro atoms. The number of hydrogen-bond acceptors (Lipinski definition) is 5. The number of carbonyl (C=O) groups excluding carboxylic acids is 1. The molecule has 0 amide bonds. The number of ketones is 1. The zero-order valence-electron chi connectivity index (χ0n) is 11.3. The number of Topliss-reactive ketones (excluding diaryl/α,β-unsaturated/α-hetero) is 1. The highest BCUT2D eigenvalue weighted by molar-refractivity contribution is 6.14. The number of aryl methyl sites for hydroxylation is 1. The first-order valence-electron chi connectivity index (χ1n) is 6.32. The van der Waals surface area contributed by atoms with Gasteiger partial charge in [0.2, 0.25) is 5.78 Å². The summed E-state index contributed by atoms with van der Waals surface area (Å²) in [5.41, 5.74) is 0.467. The van der Waals surface area contributed by atoms with Gasteiger partial charge < -0.3 is 13.9 Å². The Morgan fingerprint density at radius 3 is 2.90 bits per heavy atom. The minimum Gasteiger partial charge on any atom is -0.479 e. The van der Waals surface area contributed by atoms with E-state index >= 15 is 0 Å². The van der Waals surface area contributed by atoms with E-state index in [0.717, 1.165) is 5.76 Å². The van der Waals surface area contributed by atoms with Crippen molar-refractivity contribution in [1.82, 2.24) is 0 Å². The van der Waals surface area contributed by atoms with Crippen LogP contribution in [0.5, 0.6) is 11.5 Å². The molecule has 1 aliphatic rings. The van der Waals surface area contributed by atoms with Crippen molar-refractivity contribution in [2.75, 3.05) is 6.61 Å². The lowest BCUT2D eigenvalue weighted by Gasteiger charge is -2.02. The highest BCUT2D eigenvalue weighted by Crippen LogP contribution is 2.34. The molecule has 2 aromatic rings. The molecule has 2 heterocycles. The molecule has 0 saturated heterocycles. The van der Waals surface area contributed by atoms with Gasteiger partial charge in [-0.2, -0.15) is 5.26 Å². The molecule has 3 rings (SSSR count). The van der Waals surface area contributed by atoms with Crippen molar-refractivity contribution in [3.05, 3.63) is 53.2 Å². The SMILES string of the molecule is Cc1ccc(/C=C2\Oc3cc(OCC#N)ccc3C2=O)o1. The van der Waals surface area contributed by atoms with Gasteiger partial charge in [-0.3, -0.25) is 4.79 Å². The molecule has 0 unspecified atom stereocenters. The van der Waals surface area contributed by atoms with Crippen molar-refractivity contribution >= 4 is 11.9 Å². The Morgan fingerprint density at radius 2 is 2.19 bits per heavy atom. The Bertz CT molecular complexity index is 780. The smallest absolute Gasteiger partial charge is 0.232 e. The van der Waals surface area contributed by atoms with Crippen molar-refractivity contribution in [3.63, 3.8) is 0 Å². The fraction of sp³-hybridized carbons (Fsp3) is 0.125. The van der Waals surface area contributed by atoms with Gasteiger partial charge in [0.25, 0.3) is 0 Å². The maximum atomic E-state index is 12.2. The van der Waals surface area contributed by atoms with Crippen LogP contribution in [0.2, 0.25) is 0 Å². The monoisotopic (exact) mass is 281 g/mol. The Morgan fingerprint density at radius 1 is 1.33 bits per heavy atom. The molecule has 1 aromatic heterocycles. The molecule has 1 aliphatic heterocycles. The minimum absolute atomic E-state index is 0.0545. The van der Waals surface area contributed by atoms with Gasteiger partial charge in [-0.1, -0.05) is 0 Å². The normalized spacial score (nSPS) is 14.7. The minimum atomic E-state index is -0.203. The second-order valence-corrected chi connectivity index (χ2v) is 4.49. The van der Waals surface area contributed by atoms with E-state index in [-0.39, 0.29) is 18.1 Å². The van der Waals surface area contributed by atoms with E-state index in [1.54, 1.807) is 30.3 Å². The molecule has 0 atom stereocenters. The van der Waals surface area contributed by atoms with Gasteiger partial charge in [0.1, 0.15) is 29.1 Å². The molecule has 0 saturated carbocycles. The van der Waals surface area contributed by atoms with E-state index in [9.17, 15) is 4.79 Å². The third-order valence-electron chi connectivity index (χ3n) is 2.98. The van der Waals surface area contributed by atoms with Crippen LogP contribution in [0.3, 0.4) is 0 Å². The van der Waals surface area contributed by atoms with E-state index in [4.69, 9.17) is 19.2 Å². The summed E-state index contributed by atoms with van der Waals surface area (Å²) in [6.45, 7) is 1.77. The van der Waals surface area contributed by atoms with Crippen LogP contribution < -0.4 is 9.47 Å². The summed E-state index contributed by atoms with van der Waals surface area (Å²) in [6, 6.07) is 10.3. The molecule has 104 valence electrons. The molecule has 21 heavy (non-hydrogen) atoms. The highest BCUT2D eigenvalue weighted by Gasteiger charge is 2.28. The average molecular weight is 281 g/mol. The van der Waals surface area contributed by atoms with Crippen molar-refractivity contribution in [3.8, 4) is 17.6 Å². The number of benzene rings is 1. The van der Waals surface area contributed by atoms with Crippen LogP contribution >= 0.6 is 0 Å². The van der Waals surface area contributed by atoms with Gasteiger partial charge >= 0.3 is 0 Å². The van der Waals surface area contributed by atoms with Crippen LogP contribution in [0, 0.1) is 18.3 Å². The third-order valence-corrected chi connectivity index (χ3v) is 2.98. The number of nitriles is 1. The van der Waals surface area contributed by atoms with Crippen LogP contribution in [0.1, 0.15) is 21.9 Å². The van der Waals surface area contributed by atoms with Gasteiger partial charge in [0.05, 0.1) is 5.56 Å². The standard InChI is InChI=1S/C16H11NO4/c1-10-2-3-12(20-10)9-15-16(18)13-5-4-11(19-7-6-17)8-14(13)21-15/h2-5,8-9H,7H2,1H3/b15-9-. The fourth-order valence-electron chi connectivity index (χ4n) is 2.03. The zero-order valence-corrected chi connectivity index (χ0v) is 11.3. The quantitative estimate of drug-likeness (QED) is 0.808. The predicted octanol–water partition coefficient (Wildman–Crippen LogP) is 3.11. The van der Waals surface area contributed by atoms with Gasteiger partial charge in [-0.05, 0) is 31.2 Å². The molecule has 1 aromatic carbocycles. The van der Waals surface area contributed by atoms with Gasteiger partial charge in [0.15, 0.2) is 12.4 Å². The number of ether oxygens (including phenoxy) is 2. The van der Waals surface area contributed by atoms with Crippen molar-refractivity contribution < 1.29 is 18.7 Å². The first kappa shape index (κ1) is 13.0. The topological polar surface area (TPSA) is 72.5 Å². The predicted molar refractivity (Wildman–Crippen MR) is 73.9 cm³/mol. The molecule has 0 radical (unpaired) electrons. The summed E-state index contributed by atoms with van der Waals surface area (Å²) in [5.74, 6) is 2.23. The van der Waals surface area contributed by atoms with Gasteiger partial charge in [0, 0.05) is 12.1 Å². The number of allylic oxidation sites excluding steroid dienone is 1. The summed E-state index contributed by atoms with van der Waals surface area (Å²) >= 11 is 0. The molecule has 0 fully saturated rings. The van der Waals surface area contributed by atoms with E-state index in [1.165, 1.54) is 0 Å². The summed E-state index contributed by atoms with van der Waals surface area (Å²) < 4.78 is 16.1. The number of furan rings is 1. The Hall–Kier alpha value is -3.00. The van der Waals surface area contributed by atoms with Crippen LogP contribution in [0.4, 0.5) is 0 Å². The number of carbonyl (C=O) groups is 1. The lowest BCUT2D eigenvalue weighted by molar-refractivity contribution is 0.101. The molecule has 5 nitrogen and oxygen atoms in total. The van der Waals surface area contributed by atoms with Crippen molar-refractivity contribution in [2.24, 2.45) is 0 Å². The summed E-state index contributed by atoms with van der Waals surface area (Å²) in [6.07, 6.45) is 1.56.